The summed E-state index contributed by atoms with van der Waals surface area (Å²) < 4.78 is 0. The molecule has 0 aromatic carbocycles. The van der Waals surface area contributed by atoms with E-state index >= 15 is 0 Å². The smallest absolute Gasteiger partial charge is 0.277 e. The molecule has 2 aliphatic carbocycles. The first-order valence-electron chi connectivity index (χ1n) is 8.27. The number of rotatable bonds is 4. The largest absolute Gasteiger partial charge is 0.331 e. The van der Waals surface area contributed by atoms with Gasteiger partial charge in [0.15, 0.2) is 0 Å². The number of nitrogens with zero attached hydrogens (tertiary/aromatic N) is 1. The van der Waals surface area contributed by atoms with Crippen molar-refractivity contribution in [2.24, 2.45) is 11.3 Å². The zero-order valence-electron chi connectivity index (χ0n) is 12.7. The van der Waals surface area contributed by atoms with Crippen LogP contribution in [0.3, 0.4) is 0 Å². The monoisotopic (exact) mass is 292 g/mol. The van der Waals surface area contributed by atoms with Gasteiger partial charge in [0.2, 0.25) is 11.8 Å². The first-order valence-corrected chi connectivity index (χ1v) is 8.27. The van der Waals surface area contributed by atoms with Crippen molar-refractivity contribution < 1.29 is 14.4 Å². The van der Waals surface area contributed by atoms with Gasteiger partial charge in [-0.25, -0.2) is 4.79 Å². The molecular formula is C16H24N2O3. The third kappa shape index (κ3) is 2.47. The van der Waals surface area contributed by atoms with E-state index in [0.29, 0.717) is 18.8 Å². The van der Waals surface area contributed by atoms with Crippen LogP contribution >= 0.6 is 0 Å². The topological polar surface area (TPSA) is 66.5 Å². The van der Waals surface area contributed by atoms with E-state index < -0.39 is 11.4 Å². The van der Waals surface area contributed by atoms with Crippen LogP contribution in [0, 0.1) is 11.3 Å². The van der Waals surface area contributed by atoms with Crippen molar-refractivity contribution in [1.29, 1.82) is 0 Å². The highest BCUT2D eigenvalue weighted by atomic mass is 16.2. The van der Waals surface area contributed by atoms with E-state index in [1.54, 1.807) is 0 Å². The van der Waals surface area contributed by atoms with Gasteiger partial charge in [-0.15, -0.1) is 0 Å². The van der Waals surface area contributed by atoms with Gasteiger partial charge in [-0.3, -0.25) is 19.8 Å². The van der Waals surface area contributed by atoms with Gasteiger partial charge in [0.05, 0.1) is 0 Å². The van der Waals surface area contributed by atoms with Crippen LogP contribution in [-0.4, -0.2) is 28.8 Å². The van der Waals surface area contributed by atoms with Crippen molar-refractivity contribution in [3.63, 3.8) is 0 Å². The highest BCUT2D eigenvalue weighted by Gasteiger charge is 2.55. The van der Waals surface area contributed by atoms with Gasteiger partial charge in [-0.2, -0.15) is 0 Å². The van der Waals surface area contributed by atoms with Crippen LogP contribution in [-0.2, 0) is 9.59 Å². The Balaban J connectivity index is 1.86. The molecule has 0 bridgehead atoms. The zero-order valence-corrected chi connectivity index (χ0v) is 12.7. The summed E-state index contributed by atoms with van der Waals surface area (Å²) in [5.74, 6) is 0.0497. The Bertz CT molecular complexity index is 464. The minimum absolute atomic E-state index is 0.0584. The summed E-state index contributed by atoms with van der Waals surface area (Å²) >= 11 is 0. The molecule has 5 nitrogen and oxygen atoms in total. The Labute approximate surface area is 125 Å². The Kier molecular flexibility index (Phi) is 3.76. The zero-order chi connectivity index (χ0) is 15.0. The van der Waals surface area contributed by atoms with Gasteiger partial charge in [0.25, 0.3) is 0 Å². The summed E-state index contributed by atoms with van der Waals surface area (Å²) in [6.07, 6.45) is 8.06. The molecule has 116 valence electrons. The molecule has 1 atom stereocenters. The quantitative estimate of drug-likeness (QED) is 0.810. The Morgan fingerprint density at radius 2 is 1.86 bits per heavy atom. The molecule has 3 fully saturated rings. The normalized spacial score (nSPS) is 26.9. The minimum Gasteiger partial charge on any atom is -0.277 e. The number of carbonyl (C=O) groups excluding carboxylic acids is 3. The van der Waals surface area contributed by atoms with E-state index in [4.69, 9.17) is 0 Å². The summed E-state index contributed by atoms with van der Waals surface area (Å²) in [5, 5.41) is 2.46. The highest BCUT2D eigenvalue weighted by Crippen LogP contribution is 2.42. The molecule has 21 heavy (non-hydrogen) atoms. The summed E-state index contributed by atoms with van der Waals surface area (Å²) in [6, 6.07) is -0.564. The fourth-order valence-corrected chi connectivity index (χ4v) is 3.82. The molecule has 4 amide bonds. The van der Waals surface area contributed by atoms with Gasteiger partial charge < -0.3 is 0 Å². The summed E-state index contributed by atoms with van der Waals surface area (Å²) in [5.41, 5.74) is -0.969. The van der Waals surface area contributed by atoms with Gasteiger partial charge in [0, 0.05) is 6.04 Å². The molecular weight excluding hydrogens is 268 g/mol. The van der Waals surface area contributed by atoms with E-state index in [1.807, 2.05) is 6.92 Å². The van der Waals surface area contributed by atoms with Crippen LogP contribution in [0.2, 0.25) is 0 Å². The lowest BCUT2D eigenvalue weighted by Crippen LogP contribution is -2.66. The van der Waals surface area contributed by atoms with Crippen LogP contribution in [0.15, 0.2) is 0 Å². The van der Waals surface area contributed by atoms with E-state index in [0.717, 1.165) is 32.1 Å². The molecule has 2 saturated carbocycles. The number of barbiturate groups is 1. The van der Waals surface area contributed by atoms with Gasteiger partial charge in [0.1, 0.15) is 5.41 Å². The lowest BCUT2D eigenvalue weighted by atomic mass is 9.71. The summed E-state index contributed by atoms with van der Waals surface area (Å²) in [4.78, 5) is 38.9. The second-order valence-corrected chi connectivity index (χ2v) is 6.82. The average molecular weight is 292 g/mol. The lowest BCUT2D eigenvalue weighted by Gasteiger charge is -2.44. The molecule has 3 rings (SSSR count). The van der Waals surface area contributed by atoms with E-state index in [2.05, 4.69) is 5.32 Å². The third-order valence-electron chi connectivity index (χ3n) is 5.35. The Morgan fingerprint density at radius 1 is 1.19 bits per heavy atom. The molecule has 0 aromatic heterocycles. The van der Waals surface area contributed by atoms with Crippen LogP contribution in [0.4, 0.5) is 4.79 Å². The number of nitrogens with one attached hydrogen (secondary N) is 1. The standard InChI is InChI=1S/C16H24N2O3/c1-2-12(10-11-6-7-11)18-14(20)16(8-4-3-5-9-16)13(19)17-15(18)21/h11-12H,2-10H2,1H3,(H,17,19,21). The molecule has 0 radical (unpaired) electrons. The number of amides is 4. The number of imide groups is 2. The van der Waals surface area contributed by atoms with Crippen molar-refractivity contribution >= 4 is 17.8 Å². The van der Waals surface area contributed by atoms with E-state index in [1.165, 1.54) is 17.7 Å². The molecule has 1 aliphatic heterocycles. The minimum atomic E-state index is -0.969. The number of hydrogen-bond donors (Lipinski definition) is 1. The first kappa shape index (κ1) is 14.5. The molecule has 1 N–H and O–H groups in total. The lowest BCUT2D eigenvalue weighted by molar-refractivity contribution is -0.155. The van der Waals surface area contributed by atoms with Gasteiger partial charge in [-0.05, 0) is 31.6 Å². The second kappa shape index (κ2) is 5.43. The fraction of sp³-hybridized carbons (Fsp3) is 0.812. The van der Waals surface area contributed by atoms with E-state index in [-0.39, 0.29) is 17.9 Å². The van der Waals surface area contributed by atoms with Crippen LogP contribution in [0.5, 0.6) is 0 Å². The second-order valence-electron chi connectivity index (χ2n) is 6.82. The van der Waals surface area contributed by atoms with Crippen LogP contribution in [0.1, 0.15) is 64.7 Å². The SMILES string of the molecule is CCC(CC1CC1)N1C(=O)NC(=O)C2(CCCCC2)C1=O. The maximum Gasteiger partial charge on any atom is 0.331 e. The fourth-order valence-electron chi connectivity index (χ4n) is 3.82. The predicted octanol–water partition coefficient (Wildman–Crippen LogP) is 2.59. The van der Waals surface area contributed by atoms with Crippen molar-refractivity contribution in [3.8, 4) is 0 Å². The first-order chi connectivity index (χ1) is 10.1. The highest BCUT2D eigenvalue weighted by molar-refractivity contribution is 6.19. The van der Waals surface area contributed by atoms with Crippen molar-refractivity contribution in [3.05, 3.63) is 0 Å². The van der Waals surface area contributed by atoms with Crippen molar-refractivity contribution in [2.75, 3.05) is 0 Å². The van der Waals surface area contributed by atoms with Gasteiger partial charge >= 0.3 is 6.03 Å². The summed E-state index contributed by atoms with van der Waals surface area (Å²) in [6.45, 7) is 2.01. The Hall–Kier alpha value is -1.39. The predicted molar refractivity (Wildman–Crippen MR) is 77.3 cm³/mol. The average Bonchev–Trinajstić information content (AvgIpc) is 3.29. The van der Waals surface area contributed by atoms with E-state index in [9.17, 15) is 14.4 Å². The third-order valence-corrected chi connectivity index (χ3v) is 5.35. The summed E-state index contributed by atoms with van der Waals surface area (Å²) in [7, 11) is 0. The molecule has 3 aliphatic rings. The Morgan fingerprint density at radius 3 is 2.43 bits per heavy atom. The van der Waals surface area contributed by atoms with Crippen molar-refractivity contribution in [1.82, 2.24) is 10.2 Å². The molecule has 1 unspecified atom stereocenters. The molecule has 1 saturated heterocycles. The van der Waals surface area contributed by atoms with Crippen LogP contribution < -0.4 is 5.32 Å². The molecule has 1 heterocycles. The molecule has 1 spiro atoms. The van der Waals surface area contributed by atoms with Gasteiger partial charge in [-0.1, -0.05) is 39.0 Å². The number of urea groups is 1. The number of carbonyl (C=O) groups is 3. The molecule has 0 aromatic rings. The number of hydrogen-bond acceptors (Lipinski definition) is 3. The molecule has 5 heteroatoms. The maximum atomic E-state index is 13.0. The maximum absolute atomic E-state index is 13.0. The van der Waals surface area contributed by atoms with Crippen molar-refractivity contribution in [2.45, 2.75) is 70.8 Å². The van der Waals surface area contributed by atoms with Crippen LogP contribution in [0.25, 0.3) is 0 Å².